The van der Waals surface area contributed by atoms with E-state index in [1.807, 2.05) is 19.1 Å². The van der Waals surface area contributed by atoms with E-state index in [1.54, 1.807) is 18.2 Å². The maximum Gasteiger partial charge on any atom is 0.417 e. The van der Waals surface area contributed by atoms with Crippen molar-refractivity contribution < 1.29 is 21.6 Å². The Kier molecular flexibility index (Phi) is 6.17. The summed E-state index contributed by atoms with van der Waals surface area (Å²) in [7, 11) is -4.50. The minimum Gasteiger partial charge on any atom is -0.278 e. The minimum absolute atomic E-state index is 0.0675. The summed E-state index contributed by atoms with van der Waals surface area (Å²) < 4.78 is 68.3. The van der Waals surface area contributed by atoms with Crippen LogP contribution in [0.1, 0.15) is 22.4 Å². The number of nitrogens with zero attached hydrogens (tertiary/aromatic N) is 3. The number of hydrogen-bond acceptors (Lipinski definition) is 5. The smallest absolute Gasteiger partial charge is 0.278 e. The van der Waals surface area contributed by atoms with Crippen LogP contribution in [0.2, 0.25) is 10.0 Å². The molecule has 0 aliphatic carbocycles. The number of benzene rings is 2. The molecule has 0 bridgehead atoms. The lowest BCUT2D eigenvalue weighted by atomic mass is 9.86. The first-order valence-corrected chi connectivity index (χ1v) is 11.9. The first-order chi connectivity index (χ1) is 15.9. The summed E-state index contributed by atoms with van der Waals surface area (Å²) in [5.74, 6) is 0. The van der Waals surface area contributed by atoms with Crippen molar-refractivity contribution in [1.29, 1.82) is 0 Å². The van der Waals surface area contributed by atoms with Crippen LogP contribution in [0.3, 0.4) is 0 Å². The molecule has 0 fully saturated rings. The lowest BCUT2D eigenvalue weighted by Gasteiger charge is -2.25. The molecular weight excluding hydrogens is 512 g/mol. The van der Waals surface area contributed by atoms with Gasteiger partial charge in [-0.25, -0.2) is 8.42 Å². The summed E-state index contributed by atoms with van der Waals surface area (Å²) >= 11 is 11.7. The van der Waals surface area contributed by atoms with E-state index in [0.717, 1.165) is 17.7 Å². The van der Waals surface area contributed by atoms with Gasteiger partial charge in [-0.3, -0.25) is 9.71 Å². The first kappa shape index (κ1) is 24.2. The van der Waals surface area contributed by atoms with Crippen molar-refractivity contribution in [1.82, 2.24) is 4.98 Å². The Balaban J connectivity index is 1.83. The Labute approximate surface area is 203 Å². The lowest BCUT2D eigenvalue weighted by Crippen LogP contribution is -2.26. The Morgan fingerprint density at radius 3 is 2.35 bits per heavy atom. The van der Waals surface area contributed by atoms with Gasteiger partial charge in [0.15, 0.2) is 5.54 Å². The van der Waals surface area contributed by atoms with Crippen molar-refractivity contribution in [2.24, 2.45) is 10.2 Å². The highest BCUT2D eigenvalue weighted by Crippen LogP contribution is 2.42. The second-order valence-electron chi connectivity index (χ2n) is 7.46. The van der Waals surface area contributed by atoms with Gasteiger partial charge in [-0.05, 0) is 42.8 Å². The summed E-state index contributed by atoms with van der Waals surface area (Å²) in [6.45, 7) is 1.91. The summed E-state index contributed by atoms with van der Waals surface area (Å²) in [5.41, 5.74) is -0.824. The number of aryl methyl sites for hydroxylation is 1. The molecule has 6 nitrogen and oxygen atoms in total. The van der Waals surface area contributed by atoms with Crippen LogP contribution >= 0.6 is 23.2 Å². The summed E-state index contributed by atoms with van der Waals surface area (Å²) in [4.78, 5) is 3.68. The Hall–Kier alpha value is -2.95. The van der Waals surface area contributed by atoms with Gasteiger partial charge in [-0.1, -0.05) is 53.0 Å². The van der Waals surface area contributed by atoms with E-state index in [4.69, 9.17) is 23.2 Å². The number of rotatable bonds is 5. The van der Waals surface area contributed by atoms with Crippen LogP contribution < -0.4 is 4.72 Å². The van der Waals surface area contributed by atoms with Crippen LogP contribution in [0, 0.1) is 6.92 Å². The van der Waals surface area contributed by atoms with Crippen molar-refractivity contribution in [2.75, 3.05) is 4.72 Å². The predicted octanol–water partition coefficient (Wildman–Crippen LogP) is 6.74. The minimum atomic E-state index is -4.84. The third-order valence-electron chi connectivity index (χ3n) is 5.10. The Bertz CT molecular complexity index is 1410. The third kappa shape index (κ3) is 4.53. The highest BCUT2D eigenvalue weighted by molar-refractivity contribution is 7.92. The molecular formula is C22H15Cl2F3N4O2S. The number of azo groups is 1. The van der Waals surface area contributed by atoms with E-state index in [9.17, 15) is 21.6 Å². The van der Waals surface area contributed by atoms with Crippen molar-refractivity contribution in [3.63, 3.8) is 0 Å². The molecule has 1 N–H and O–H groups in total. The zero-order chi connectivity index (χ0) is 24.7. The zero-order valence-electron chi connectivity index (χ0n) is 17.3. The van der Waals surface area contributed by atoms with E-state index < -0.39 is 37.2 Å². The van der Waals surface area contributed by atoms with E-state index in [1.165, 1.54) is 18.5 Å². The van der Waals surface area contributed by atoms with Gasteiger partial charge >= 0.3 is 6.18 Å². The molecule has 1 aromatic heterocycles. The predicted molar refractivity (Wildman–Crippen MR) is 122 cm³/mol. The highest BCUT2D eigenvalue weighted by atomic mass is 35.5. The molecule has 34 heavy (non-hydrogen) atoms. The number of sulfonamides is 1. The van der Waals surface area contributed by atoms with Crippen LogP contribution in [0.4, 0.5) is 18.9 Å². The number of anilines is 1. The van der Waals surface area contributed by atoms with Crippen molar-refractivity contribution in [3.8, 4) is 0 Å². The number of nitrogens with one attached hydrogen (secondary N) is 1. The largest absolute Gasteiger partial charge is 0.417 e. The second-order valence-corrected chi connectivity index (χ2v) is 9.98. The molecule has 4 rings (SSSR count). The molecule has 0 amide bonds. The quantitative estimate of drug-likeness (QED) is 0.399. The number of halogens is 5. The van der Waals surface area contributed by atoms with Crippen LogP contribution in [0.25, 0.3) is 0 Å². The molecule has 1 aliphatic rings. The van der Waals surface area contributed by atoms with Crippen LogP contribution in [0.15, 0.2) is 82.1 Å². The summed E-state index contributed by atoms with van der Waals surface area (Å²) in [6, 6.07) is 10.9. The molecule has 0 saturated carbocycles. The van der Waals surface area contributed by atoms with Crippen LogP contribution in [-0.2, 0) is 21.7 Å². The fourth-order valence-electron chi connectivity index (χ4n) is 3.44. The molecule has 0 radical (unpaired) electrons. The zero-order valence-corrected chi connectivity index (χ0v) is 19.6. The van der Waals surface area contributed by atoms with Crippen molar-refractivity contribution in [3.05, 3.63) is 99.4 Å². The number of pyridine rings is 1. The molecule has 12 heteroatoms. The molecule has 2 heterocycles. The van der Waals surface area contributed by atoms with Crippen LogP contribution in [-0.4, -0.2) is 13.4 Å². The molecule has 176 valence electrons. The molecule has 2 aromatic carbocycles. The van der Waals surface area contributed by atoms with Gasteiger partial charge in [0, 0.05) is 12.4 Å². The summed E-state index contributed by atoms with van der Waals surface area (Å²) in [6.07, 6.45) is -0.439. The van der Waals surface area contributed by atoms with Crippen molar-refractivity contribution >= 4 is 38.9 Å². The standard InChI is InChI=1S/C22H15Cl2F3N4O2S/c1-13-2-4-14(5-3-13)21(8-9-29-31-21)20-19(10-15(23)12-28-20)30-34(32,33)16-6-7-18(24)17(11-16)22(25,26)27/h2-12,30H,1H3. The molecule has 1 unspecified atom stereocenters. The molecule has 0 spiro atoms. The average molecular weight is 527 g/mol. The summed E-state index contributed by atoms with van der Waals surface area (Å²) in [5, 5.41) is 7.71. The van der Waals surface area contributed by atoms with Gasteiger partial charge in [0.2, 0.25) is 0 Å². The molecule has 0 saturated heterocycles. The van der Waals surface area contributed by atoms with Gasteiger partial charge < -0.3 is 0 Å². The maximum atomic E-state index is 13.3. The normalized spacial score (nSPS) is 17.8. The molecule has 1 atom stereocenters. The average Bonchev–Trinajstić information content (AvgIpc) is 3.24. The second kappa shape index (κ2) is 8.68. The fraction of sp³-hybridized carbons (Fsp3) is 0.136. The van der Waals surface area contributed by atoms with Gasteiger partial charge in [-0.2, -0.15) is 23.4 Å². The van der Waals surface area contributed by atoms with E-state index >= 15 is 0 Å². The van der Waals surface area contributed by atoms with Gasteiger partial charge in [0.1, 0.15) is 5.69 Å². The van der Waals surface area contributed by atoms with Gasteiger partial charge in [-0.15, -0.1) is 0 Å². The molecule has 3 aromatic rings. The Morgan fingerprint density at radius 1 is 1.03 bits per heavy atom. The Morgan fingerprint density at radius 2 is 1.74 bits per heavy atom. The van der Waals surface area contributed by atoms with Crippen molar-refractivity contribution in [2.45, 2.75) is 23.5 Å². The lowest BCUT2D eigenvalue weighted by molar-refractivity contribution is -0.137. The molecule has 1 aliphatic heterocycles. The fourth-order valence-corrected chi connectivity index (χ4v) is 4.90. The SMILES string of the molecule is Cc1ccc(C2(c3ncc(Cl)cc3NS(=O)(=O)c3ccc(Cl)c(C(F)(F)F)c3)C=CN=N2)cc1. The third-order valence-corrected chi connectivity index (χ3v) is 7.00. The maximum absolute atomic E-state index is 13.3. The topological polar surface area (TPSA) is 83.8 Å². The van der Waals surface area contributed by atoms with E-state index in [0.29, 0.717) is 11.6 Å². The van der Waals surface area contributed by atoms with Crippen LogP contribution in [0.5, 0.6) is 0 Å². The van der Waals surface area contributed by atoms with Gasteiger partial charge in [0.05, 0.1) is 26.2 Å². The first-order valence-electron chi connectivity index (χ1n) is 9.65. The number of hydrogen-bond donors (Lipinski definition) is 1. The van der Waals surface area contributed by atoms with E-state index in [-0.39, 0.29) is 16.4 Å². The number of alkyl halides is 3. The van der Waals surface area contributed by atoms with Gasteiger partial charge in [0.25, 0.3) is 10.0 Å². The number of aromatic nitrogens is 1. The monoisotopic (exact) mass is 526 g/mol. The van der Waals surface area contributed by atoms with E-state index in [2.05, 4.69) is 19.9 Å². The highest BCUT2D eigenvalue weighted by Gasteiger charge is 2.39.